The minimum absolute atomic E-state index is 0.163. The SMILES string of the molecule is O=C(O)C1CC(O)[C@@H]2CC(=O)N12. The van der Waals surface area contributed by atoms with Crippen molar-refractivity contribution in [2.45, 2.75) is 31.0 Å². The zero-order valence-corrected chi connectivity index (χ0v) is 6.30. The summed E-state index contributed by atoms with van der Waals surface area (Å²) in [6.45, 7) is 0. The summed E-state index contributed by atoms with van der Waals surface area (Å²) in [5, 5.41) is 18.0. The summed E-state index contributed by atoms with van der Waals surface area (Å²) < 4.78 is 0. The van der Waals surface area contributed by atoms with Crippen LogP contribution >= 0.6 is 0 Å². The molecule has 3 atom stereocenters. The number of hydrogen-bond acceptors (Lipinski definition) is 3. The van der Waals surface area contributed by atoms with E-state index in [0.29, 0.717) is 6.42 Å². The van der Waals surface area contributed by atoms with E-state index in [-0.39, 0.29) is 18.4 Å². The quantitative estimate of drug-likeness (QED) is 0.486. The summed E-state index contributed by atoms with van der Waals surface area (Å²) >= 11 is 0. The molecule has 1 amide bonds. The molecule has 2 heterocycles. The van der Waals surface area contributed by atoms with Crippen molar-refractivity contribution in [1.82, 2.24) is 4.90 Å². The lowest BCUT2D eigenvalue weighted by atomic mass is 10.0. The van der Waals surface area contributed by atoms with E-state index in [0.717, 1.165) is 0 Å². The van der Waals surface area contributed by atoms with E-state index in [1.54, 1.807) is 0 Å². The number of fused-ring (bicyclic) bond motifs is 1. The molecule has 2 saturated heterocycles. The molecule has 2 aliphatic heterocycles. The van der Waals surface area contributed by atoms with Gasteiger partial charge in [0, 0.05) is 12.8 Å². The monoisotopic (exact) mass is 171 g/mol. The number of nitrogens with zero attached hydrogens (tertiary/aromatic N) is 1. The third-order valence-corrected chi connectivity index (χ3v) is 2.56. The normalized spacial score (nSPS) is 39.2. The van der Waals surface area contributed by atoms with Crippen LogP contribution in [0.4, 0.5) is 0 Å². The van der Waals surface area contributed by atoms with Crippen molar-refractivity contribution in [3.8, 4) is 0 Å². The Morgan fingerprint density at radius 2 is 2.25 bits per heavy atom. The number of carbonyl (C=O) groups is 2. The van der Waals surface area contributed by atoms with Crippen LogP contribution in [0.2, 0.25) is 0 Å². The van der Waals surface area contributed by atoms with E-state index in [9.17, 15) is 14.7 Å². The van der Waals surface area contributed by atoms with Crippen LogP contribution in [0.3, 0.4) is 0 Å². The predicted octanol–water partition coefficient (Wildman–Crippen LogP) is -1.19. The predicted molar refractivity (Wildman–Crippen MR) is 37.3 cm³/mol. The molecular formula is C7H9NO4. The number of aliphatic hydroxyl groups excluding tert-OH is 1. The Hall–Kier alpha value is -1.10. The molecule has 0 aliphatic carbocycles. The maximum atomic E-state index is 10.9. The van der Waals surface area contributed by atoms with Gasteiger partial charge in [-0.1, -0.05) is 0 Å². The zero-order chi connectivity index (χ0) is 8.88. The van der Waals surface area contributed by atoms with Gasteiger partial charge in [0.05, 0.1) is 12.1 Å². The van der Waals surface area contributed by atoms with E-state index < -0.39 is 18.1 Å². The number of β-lactam (4-membered cyclic amide) rings is 1. The van der Waals surface area contributed by atoms with Crippen LogP contribution in [0, 0.1) is 0 Å². The van der Waals surface area contributed by atoms with Gasteiger partial charge in [-0.3, -0.25) is 4.79 Å². The summed E-state index contributed by atoms with van der Waals surface area (Å²) in [6, 6.07) is -1.04. The van der Waals surface area contributed by atoms with Crippen LogP contribution in [0.25, 0.3) is 0 Å². The van der Waals surface area contributed by atoms with Crippen molar-refractivity contribution in [3.05, 3.63) is 0 Å². The second-order valence-electron chi connectivity index (χ2n) is 3.23. The molecule has 0 bridgehead atoms. The Morgan fingerprint density at radius 3 is 2.67 bits per heavy atom. The molecule has 12 heavy (non-hydrogen) atoms. The van der Waals surface area contributed by atoms with Crippen LogP contribution in [0.1, 0.15) is 12.8 Å². The topological polar surface area (TPSA) is 77.8 Å². The van der Waals surface area contributed by atoms with Crippen molar-refractivity contribution in [1.29, 1.82) is 0 Å². The highest BCUT2D eigenvalue weighted by molar-refractivity contribution is 5.90. The molecule has 2 rings (SSSR count). The molecule has 0 radical (unpaired) electrons. The van der Waals surface area contributed by atoms with Gasteiger partial charge in [-0.25, -0.2) is 4.79 Å². The van der Waals surface area contributed by atoms with Gasteiger partial charge in [0.2, 0.25) is 5.91 Å². The maximum absolute atomic E-state index is 10.9. The number of carboxylic acids is 1. The molecular weight excluding hydrogens is 162 g/mol. The van der Waals surface area contributed by atoms with Crippen LogP contribution in [-0.4, -0.2) is 45.2 Å². The fourth-order valence-electron chi connectivity index (χ4n) is 1.90. The number of carbonyl (C=O) groups excluding carboxylic acids is 1. The van der Waals surface area contributed by atoms with Gasteiger partial charge in [-0.05, 0) is 0 Å². The summed E-state index contributed by atoms with van der Waals surface area (Å²) in [6.07, 6.45) is -0.180. The molecule has 2 N–H and O–H groups in total. The third-order valence-electron chi connectivity index (χ3n) is 2.56. The Labute approximate surface area is 68.6 Å². The van der Waals surface area contributed by atoms with Crippen molar-refractivity contribution in [2.75, 3.05) is 0 Å². The lowest BCUT2D eigenvalue weighted by Crippen LogP contribution is -2.56. The smallest absolute Gasteiger partial charge is 0.326 e. The summed E-state index contributed by atoms with van der Waals surface area (Å²) in [4.78, 5) is 22.8. The van der Waals surface area contributed by atoms with Crippen molar-refractivity contribution in [2.24, 2.45) is 0 Å². The number of rotatable bonds is 1. The molecule has 5 heteroatoms. The summed E-state index contributed by atoms with van der Waals surface area (Å²) in [7, 11) is 0. The standard InChI is InChI=1S/C7H9NO4/c9-5-1-4(7(11)12)8-3(5)2-6(8)10/h3-5,9H,1-2H2,(H,11,12)/t3-,4?,5?/m0/s1. The first-order valence-electron chi connectivity index (χ1n) is 3.83. The van der Waals surface area contributed by atoms with Crippen molar-refractivity contribution >= 4 is 11.9 Å². The first kappa shape index (κ1) is 7.54. The molecule has 0 aromatic rings. The van der Waals surface area contributed by atoms with E-state index in [1.807, 2.05) is 0 Å². The third kappa shape index (κ3) is 0.768. The number of carboxylic acid groups (broad SMARTS) is 1. The minimum Gasteiger partial charge on any atom is -0.480 e. The van der Waals surface area contributed by atoms with E-state index in [1.165, 1.54) is 4.90 Å². The highest BCUT2D eigenvalue weighted by atomic mass is 16.4. The second-order valence-corrected chi connectivity index (χ2v) is 3.23. The van der Waals surface area contributed by atoms with E-state index in [2.05, 4.69) is 0 Å². The molecule has 5 nitrogen and oxygen atoms in total. The van der Waals surface area contributed by atoms with Gasteiger partial charge in [0.25, 0.3) is 0 Å². The Balaban J connectivity index is 2.18. The number of aliphatic carboxylic acids is 1. The van der Waals surface area contributed by atoms with Crippen LogP contribution < -0.4 is 0 Å². The molecule has 0 aromatic carbocycles. The summed E-state index contributed by atoms with van der Waals surface area (Å²) in [5.74, 6) is -1.19. The molecule has 0 saturated carbocycles. The van der Waals surface area contributed by atoms with Crippen molar-refractivity contribution in [3.63, 3.8) is 0 Å². The Kier molecular flexibility index (Phi) is 1.38. The molecule has 2 unspecified atom stereocenters. The largest absolute Gasteiger partial charge is 0.480 e. The van der Waals surface area contributed by atoms with Crippen LogP contribution in [0.15, 0.2) is 0 Å². The van der Waals surface area contributed by atoms with Gasteiger partial charge >= 0.3 is 5.97 Å². The molecule has 0 aromatic heterocycles. The lowest BCUT2D eigenvalue weighted by Gasteiger charge is -2.37. The fourth-order valence-corrected chi connectivity index (χ4v) is 1.90. The van der Waals surface area contributed by atoms with Gasteiger partial charge in [0.15, 0.2) is 0 Å². The van der Waals surface area contributed by atoms with Gasteiger partial charge < -0.3 is 15.1 Å². The Morgan fingerprint density at radius 1 is 1.58 bits per heavy atom. The van der Waals surface area contributed by atoms with Gasteiger partial charge in [0.1, 0.15) is 6.04 Å². The number of aliphatic hydroxyl groups is 1. The van der Waals surface area contributed by atoms with Crippen molar-refractivity contribution < 1.29 is 19.8 Å². The highest BCUT2D eigenvalue weighted by Gasteiger charge is 2.53. The first-order valence-corrected chi connectivity index (χ1v) is 3.83. The first-order chi connectivity index (χ1) is 5.61. The average Bonchev–Trinajstić information content (AvgIpc) is 2.22. The second kappa shape index (κ2) is 2.20. The average molecular weight is 171 g/mol. The zero-order valence-electron chi connectivity index (χ0n) is 6.30. The van der Waals surface area contributed by atoms with E-state index >= 15 is 0 Å². The number of hydrogen-bond donors (Lipinski definition) is 2. The summed E-state index contributed by atoms with van der Waals surface area (Å²) in [5.41, 5.74) is 0. The molecule has 66 valence electrons. The Bertz CT molecular complexity index is 244. The van der Waals surface area contributed by atoms with Gasteiger partial charge in [-0.2, -0.15) is 0 Å². The number of amides is 1. The van der Waals surface area contributed by atoms with Crippen LogP contribution in [-0.2, 0) is 9.59 Å². The molecule has 2 fully saturated rings. The fraction of sp³-hybridized carbons (Fsp3) is 0.714. The lowest BCUT2D eigenvalue weighted by molar-refractivity contribution is -0.157. The molecule has 2 aliphatic rings. The van der Waals surface area contributed by atoms with E-state index in [4.69, 9.17) is 5.11 Å². The maximum Gasteiger partial charge on any atom is 0.326 e. The molecule has 0 spiro atoms. The van der Waals surface area contributed by atoms with Crippen LogP contribution in [0.5, 0.6) is 0 Å². The van der Waals surface area contributed by atoms with Gasteiger partial charge in [-0.15, -0.1) is 0 Å². The minimum atomic E-state index is -1.02. The highest BCUT2D eigenvalue weighted by Crippen LogP contribution is 2.35.